The molecule has 2 saturated heterocycles. The minimum Gasteiger partial charge on any atom is -0.490 e. The minimum atomic E-state index is -0.494. The van der Waals surface area contributed by atoms with Gasteiger partial charge in [-0.2, -0.15) is 5.26 Å². The molecule has 25 heavy (non-hydrogen) atoms. The van der Waals surface area contributed by atoms with Crippen LogP contribution in [0.2, 0.25) is 0 Å². The van der Waals surface area contributed by atoms with Crippen LogP contribution in [0.1, 0.15) is 31.2 Å². The molecular weight excluding hydrogens is 318 g/mol. The number of aliphatic hydroxyl groups is 1. The standard InChI is InChI=1S/C19H25N3O3/c20-12-15-3-1-4-18(11-15)25-17-6-9-21(10-7-17)13-16(23)14-22-8-2-5-19(22)24/h1,3-4,11,16-17,23H,2,5-10,13-14H2. The summed E-state index contributed by atoms with van der Waals surface area (Å²) in [5.41, 5.74) is 0.606. The highest BCUT2D eigenvalue weighted by Gasteiger charge is 2.26. The second-order valence-corrected chi connectivity index (χ2v) is 6.85. The third kappa shape index (κ3) is 4.94. The van der Waals surface area contributed by atoms with Crippen molar-refractivity contribution in [2.75, 3.05) is 32.7 Å². The zero-order valence-corrected chi connectivity index (χ0v) is 14.4. The van der Waals surface area contributed by atoms with Gasteiger partial charge in [-0.25, -0.2) is 0 Å². The number of likely N-dealkylation sites (tertiary alicyclic amines) is 2. The number of β-amino-alcohol motifs (C(OH)–C–C–N with tert-alkyl or cyclic N) is 1. The van der Waals surface area contributed by atoms with E-state index in [4.69, 9.17) is 10.00 Å². The van der Waals surface area contributed by atoms with Gasteiger partial charge >= 0.3 is 0 Å². The number of carbonyl (C=O) groups excluding carboxylic acids is 1. The third-order valence-electron chi connectivity index (χ3n) is 4.87. The van der Waals surface area contributed by atoms with Crippen LogP contribution in [0.25, 0.3) is 0 Å². The van der Waals surface area contributed by atoms with Crippen LogP contribution in [0.3, 0.4) is 0 Å². The minimum absolute atomic E-state index is 0.141. The fraction of sp³-hybridized carbons (Fsp3) is 0.579. The van der Waals surface area contributed by atoms with Gasteiger partial charge in [0.25, 0.3) is 0 Å². The number of ether oxygens (including phenoxy) is 1. The molecule has 2 aliphatic heterocycles. The van der Waals surface area contributed by atoms with Crippen molar-refractivity contribution in [3.63, 3.8) is 0 Å². The van der Waals surface area contributed by atoms with E-state index >= 15 is 0 Å². The SMILES string of the molecule is N#Cc1cccc(OC2CCN(CC(O)CN3CCCC3=O)CC2)c1. The Bertz CT molecular complexity index is 635. The Kier molecular flexibility index (Phi) is 5.90. The van der Waals surface area contributed by atoms with Crippen molar-refractivity contribution in [3.8, 4) is 11.8 Å². The van der Waals surface area contributed by atoms with Crippen LogP contribution < -0.4 is 4.74 Å². The Morgan fingerprint density at radius 3 is 2.76 bits per heavy atom. The average molecular weight is 343 g/mol. The Morgan fingerprint density at radius 1 is 1.28 bits per heavy atom. The number of nitriles is 1. The van der Waals surface area contributed by atoms with Gasteiger partial charge in [-0.15, -0.1) is 0 Å². The maximum absolute atomic E-state index is 11.6. The highest BCUT2D eigenvalue weighted by Crippen LogP contribution is 2.20. The van der Waals surface area contributed by atoms with Gasteiger partial charge in [0.15, 0.2) is 0 Å². The summed E-state index contributed by atoms with van der Waals surface area (Å²) in [6.45, 7) is 3.55. The monoisotopic (exact) mass is 343 g/mol. The normalized spacial score (nSPS) is 20.5. The molecule has 1 aromatic carbocycles. The largest absolute Gasteiger partial charge is 0.490 e. The van der Waals surface area contributed by atoms with E-state index in [1.54, 1.807) is 17.0 Å². The van der Waals surface area contributed by atoms with Gasteiger partial charge in [0.1, 0.15) is 11.9 Å². The number of hydrogen-bond donors (Lipinski definition) is 1. The first-order valence-electron chi connectivity index (χ1n) is 8.99. The van der Waals surface area contributed by atoms with E-state index in [0.29, 0.717) is 25.1 Å². The number of nitrogens with zero attached hydrogens (tertiary/aromatic N) is 3. The quantitative estimate of drug-likeness (QED) is 0.844. The smallest absolute Gasteiger partial charge is 0.222 e. The Labute approximate surface area is 148 Å². The number of benzene rings is 1. The first-order chi connectivity index (χ1) is 12.1. The zero-order chi connectivity index (χ0) is 17.6. The van der Waals surface area contributed by atoms with E-state index in [-0.39, 0.29) is 12.0 Å². The summed E-state index contributed by atoms with van der Waals surface area (Å²) in [5, 5.41) is 19.2. The molecule has 1 atom stereocenters. The summed E-state index contributed by atoms with van der Waals surface area (Å²) in [7, 11) is 0. The molecule has 0 spiro atoms. The number of rotatable bonds is 6. The van der Waals surface area contributed by atoms with Crippen LogP contribution in [0.15, 0.2) is 24.3 Å². The molecule has 6 nitrogen and oxygen atoms in total. The molecule has 0 aliphatic carbocycles. The van der Waals surface area contributed by atoms with E-state index in [9.17, 15) is 9.90 Å². The molecule has 6 heteroatoms. The van der Waals surface area contributed by atoms with Crippen LogP contribution in [0.5, 0.6) is 5.75 Å². The van der Waals surface area contributed by atoms with E-state index in [0.717, 1.165) is 44.6 Å². The summed E-state index contributed by atoms with van der Waals surface area (Å²) in [4.78, 5) is 15.6. The molecule has 1 N–H and O–H groups in total. The molecule has 0 bridgehead atoms. The van der Waals surface area contributed by atoms with Crippen molar-refractivity contribution in [3.05, 3.63) is 29.8 Å². The lowest BCUT2D eigenvalue weighted by molar-refractivity contribution is -0.129. The van der Waals surface area contributed by atoms with Gasteiger partial charge in [-0.3, -0.25) is 4.79 Å². The third-order valence-corrected chi connectivity index (χ3v) is 4.87. The second-order valence-electron chi connectivity index (χ2n) is 6.85. The second kappa shape index (κ2) is 8.32. The molecule has 2 aliphatic rings. The van der Waals surface area contributed by atoms with Crippen LogP contribution in [0, 0.1) is 11.3 Å². The average Bonchev–Trinajstić information content (AvgIpc) is 3.01. The molecule has 3 rings (SSSR count). The lowest BCUT2D eigenvalue weighted by Gasteiger charge is -2.34. The summed E-state index contributed by atoms with van der Waals surface area (Å²) < 4.78 is 5.98. The molecule has 0 radical (unpaired) electrons. The summed E-state index contributed by atoms with van der Waals surface area (Å²) >= 11 is 0. The van der Waals surface area contributed by atoms with Crippen LogP contribution in [-0.4, -0.2) is 65.7 Å². The van der Waals surface area contributed by atoms with Gasteiger partial charge in [0.2, 0.25) is 5.91 Å². The molecular formula is C19H25N3O3. The molecule has 1 unspecified atom stereocenters. The van der Waals surface area contributed by atoms with Crippen LogP contribution in [-0.2, 0) is 4.79 Å². The number of carbonyl (C=O) groups is 1. The summed E-state index contributed by atoms with van der Waals surface area (Å²) in [6.07, 6.45) is 2.96. The maximum atomic E-state index is 11.6. The number of piperidine rings is 1. The predicted octanol–water partition coefficient (Wildman–Crippen LogP) is 1.38. The van der Waals surface area contributed by atoms with E-state index in [1.807, 2.05) is 12.1 Å². The van der Waals surface area contributed by atoms with Crippen LogP contribution >= 0.6 is 0 Å². The predicted molar refractivity (Wildman–Crippen MR) is 93.1 cm³/mol. The highest BCUT2D eigenvalue weighted by atomic mass is 16.5. The number of amides is 1. The van der Waals surface area contributed by atoms with E-state index in [2.05, 4.69) is 11.0 Å². The van der Waals surface area contributed by atoms with Crippen molar-refractivity contribution in [2.24, 2.45) is 0 Å². The highest BCUT2D eigenvalue weighted by molar-refractivity contribution is 5.78. The summed E-state index contributed by atoms with van der Waals surface area (Å²) in [6, 6.07) is 9.37. The lowest BCUT2D eigenvalue weighted by atomic mass is 10.1. The Morgan fingerprint density at radius 2 is 2.08 bits per heavy atom. The Balaban J connectivity index is 1.41. The molecule has 134 valence electrons. The summed E-state index contributed by atoms with van der Waals surface area (Å²) in [5.74, 6) is 0.899. The number of hydrogen-bond acceptors (Lipinski definition) is 5. The van der Waals surface area contributed by atoms with Gasteiger partial charge in [0, 0.05) is 39.1 Å². The van der Waals surface area contributed by atoms with Crippen molar-refractivity contribution < 1.29 is 14.6 Å². The van der Waals surface area contributed by atoms with Gasteiger partial charge < -0.3 is 19.6 Å². The zero-order valence-electron chi connectivity index (χ0n) is 14.4. The maximum Gasteiger partial charge on any atom is 0.222 e. The van der Waals surface area contributed by atoms with Crippen molar-refractivity contribution in [1.82, 2.24) is 9.80 Å². The fourth-order valence-electron chi connectivity index (χ4n) is 3.55. The molecule has 0 saturated carbocycles. The van der Waals surface area contributed by atoms with E-state index in [1.165, 1.54) is 0 Å². The van der Waals surface area contributed by atoms with Crippen molar-refractivity contribution in [2.45, 2.75) is 37.9 Å². The van der Waals surface area contributed by atoms with Gasteiger partial charge in [-0.05, 0) is 37.5 Å². The van der Waals surface area contributed by atoms with Crippen molar-refractivity contribution in [1.29, 1.82) is 5.26 Å². The number of aliphatic hydroxyl groups excluding tert-OH is 1. The van der Waals surface area contributed by atoms with Gasteiger partial charge in [0.05, 0.1) is 17.7 Å². The molecule has 1 amide bonds. The van der Waals surface area contributed by atoms with Crippen molar-refractivity contribution >= 4 is 5.91 Å². The Hall–Kier alpha value is -2.10. The molecule has 2 heterocycles. The molecule has 1 aromatic rings. The topological polar surface area (TPSA) is 76.8 Å². The van der Waals surface area contributed by atoms with Gasteiger partial charge in [-0.1, -0.05) is 6.07 Å². The first kappa shape index (κ1) is 17.7. The fourth-order valence-corrected chi connectivity index (χ4v) is 3.55. The molecule has 2 fully saturated rings. The lowest BCUT2D eigenvalue weighted by Crippen LogP contribution is -2.45. The van der Waals surface area contributed by atoms with Crippen LogP contribution in [0.4, 0.5) is 0 Å². The first-order valence-corrected chi connectivity index (χ1v) is 8.99. The van der Waals surface area contributed by atoms with E-state index < -0.39 is 6.10 Å². The molecule has 0 aromatic heterocycles.